The third kappa shape index (κ3) is 5.31. The van der Waals surface area contributed by atoms with Gasteiger partial charge in [-0.15, -0.1) is 0 Å². The second kappa shape index (κ2) is 8.00. The molecular formula is C14H11ClFNO2. The smallest absolute Gasteiger partial charge is 0.150 e. The molecular weight excluding hydrogens is 269 g/mol. The summed E-state index contributed by atoms with van der Waals surface area (Å²) < 4.78 is 12.1. The van der Waals surface area contributed by atoms with Gasteiger partial charge in [0.2, 0.25) is 0 Å². The predicted molar refractivity (Wildman–Crippen MR) is 72.6 cm³/mol. The van der Waals surface area contributed by atoms with Crippen molar-refractivity contribution in [3.8, 4) is 0 Å². The quantitative estimate of drug-likeness (QED) is 0.393. The monoisotopic (exact) mass is 279 g/mol. The topological polar surface area (TPSA) is 49.7 Å². The molecule has 0 bridgehead atoms. The van der Waals surface area contributed by atoms with E-state index in [0.29, 0.717) is 22.4 Å². The van der Waals surface area contributed by atoms with E-state index in [1.165, 1.54) is 30.5 Å². The van der Waals surface area contributed by atoms with Gasteiger partial charge in [-0.3, -0.25) is 4.79 Å². The molecule has 3 nitrogen and oxygen atoms in total. The predicted octanol–water partition coefficient (Wildman–Crippen LogP) is 3.79. The fourth-order valence-electron chi connectivity index (χ4n) is 1.18. The van der Waals surface area contributed by atoms with Crippen molar-refractivity contribution >= 4 is 24.1 Å². The van der Waals surface area contributed by atoms with E-state index in [1.807, 2.05) is 12.1 Å². The molecule has 0 aliphatic carbocycles. The number of nitrogens with zero attached hydrogens (tertiary/aromatic N) is 1. The molecule has 5 heteroatoms. The van der Waals surface area contributed by atoms with Crippen molar-refractivity contribution in [2.45, 2.75) is 0 Å². The Hall–Kier alpha value is -2.20. The Morgan fingerprint density at radius 1 is 1.11 bits per heavy atom. The number of aldehydes is 1. The van der Waals surface area contributed by atoms with Crippen LogP contribution in [0.25, 0.3) is 0 Å². The number of oxime groups is 1. The summed E-state index contributed by atoms with van der Waals surface area (Å²) in [7, 11) is 0. The molecule has 0 heterocycles. The van der Waals surface area contributed by atoms with E-state index in [1.54, 1.807) is 12.1 Å². The van der Waals surface area contributed by atoms with Crippen LogP contribution in [-0.2, 0) is 0 Å². The summed E-state index contributed by atoms with van der Waals surface area (Å²) in [4.78, 5) is 10.00. The first-order valence-electron chi connectivity index (χ1n) is 5.30. The van der Waals surface area contributed by atoms with Gasteiger partial charge in [-0.05, 0) is 30.3 Å². The fraction of sp³-hybridized carbons (Fsp3) is 0. The van der Waals surface area contributed by atoms with E-state index in [2.05, 4.69) is 5.16 Å². The summed E-state index contributed by atoms with van der Waals surface area (Å²) in [6.45, 7) is 0. The minimum absolute atomic E-state index is 0.319. The third-order valence-electron chi connectivity index (χ3n) is 2.11. The van der Waals surface area contributed by atoms with Crippen LogP contribution in [0.3, 0.4) is 0 Å². The van der Waals surface area contributed by atoms with Gasteiger partial charge in [-0.2, -0.15) is 0 Å². The highest BCUT2D eigenvalue weighted by molar-refractivity contribution is 6.33. The second-order valence-electron chi connectivity index (χ2n) is 3.44. The molecule has 19 heavy (non-hydrogen) atoms. The fourth-order valence-corrected chi connectivity index (χ4v) is 1.37. The second-order valence-corrected chi connectivity index (χ2v) is 3.84. The van der Waals surface area contributed by atoms with Crippen LogP contribution in [-0.4, -0.2) is 17.7 Å². The van der Waals surface area contributed by atoms with Crippen molar-refractivity contribution in [1.82, 2.24) is 0 Å². The Bertz CT molecular complexity index is 556. The van der Waals surface area contributed by atoms with Gasteiger partial charge in [0.15, 0.2) is 0 Å². The van der Waals surface area contributed by atoms with E-state index in [9.17, 15) is 9.18 Å². The zero-order chi connectivity index (χ0) is 14.1. The van der Waals surface area contributed by atoms with Gasteiger partial charge >= 0.3 is 0 Å². The van der Waals surface area contributed by atoms with E-state index >= 15 is 0 Å². The SMILES string of the molecule is O=Cc1ccc(F)cc1.ON=Cc1ccccc1Cl. The Labute approximate surface area is 114 Å². The maximum atomic E-state index is 12.1. The van der Waals surface area contributed by atoms with Gasteiger partial charge in [0.05, 0.1) is 6.21 Å². The summed E-state index contributed by atoms with van der Waals surface area (Å²) >= 11 is 5.70. The third-order valence-corrected chi connectivity index (χ3v) is 2.45. The molecule has 2 aromatic rings. The lowest BCUT2D eigenvalue weighted by atomic mass is 10.2. The summed E-state index contributed by atoms with van der Waals surface area (Å²) in [6.07, 6.45) is 1.97. The van der Waals surface area contributed by atoms with E-state index in [4.69, 9.17) is 16.8 Å². The Morgan fingerprint density at radius 2 is 1.74 bits per heavy atom. The molecule has 98 valence electrons. The van der Waals surface area contributed by atoms with Crippen LogP contribution >= 0.6 is 11.6 Å². The van der Waals surface area contributed by atoms with Gasteiger partial charge in [0.25, 0.3) is 0 Å². The number of hydrogen-bond donors (Lipinski definition) is 1. The molecule has 0 spiro atoms. The number of rotatable bonds is 2. The Morgan fingerprint density at radius 3 is 2.26 bits per heavy atom. The highest BCUT2D eigenvalue weighted by atomic mass is 35.5. The molecule has 2 aromatic carbocycles. The van der Waals surface area contributed by atoms with Crippen molar-refractivity contribution in [2.24, 2.45) is 5.16 Å². The lowest BCUT2D eigenvalue weighted by Crippen LogP contribution is -1.80. The molecule has 0 saturated heterocycles. The average molecular weight is 280 g/mol. The molecule has 0 unspecified atom stereocenters. The number of carbonyl (C=O) groups excluding carboxylic acids is 1. The standard InChI is InChI=1S/C7H6ClNO.C7H5FO/c8-7-4-2-1-3-6(7)5-9-10;8-7-3-1-6(5-9)2-4-7/h1-5,10H;1-5H. The summed E-state index contributed by atoms with van der Waals surface area (Å²) in [5.74, 6) is -0.319. The van der Waals surface area contributed by atoms with Gasteiger partial charge in [-0.25, -0.2) is 4.39 Å². The molecule has 0 fully saturated rings. The summed E-state index contributed by atoms with van der Waals surface area (Å²) in [5, 5.41) is 11.6. The Kier molecular flexibility index (Phi) is 6.26. The van der Waals surface area contributed by atoms with E-state index in [-0.39, 0.29) is 5.82 Å². The van der Waals surface area contributed by atoms with Crippen LogP contribution in [0.2, 0.25) is 5.02 Å². The van der Waals surface area contributed by atoms with Crippen LogP contribution in [0.4, 0.5) is 4.39 Å². The van der Waals surface area contributed by atoms with Crippen molar-refractivity contribution in [3.63, 3.8) is 0 Å². The summed E-state index contributed by atoms with van der Waals surface area (Å²) in [5.41, 5.74) is 1.21. The first kappa shape index (κ1) is 14.9. The van der Waals surface area contributed by atoms with Gasteiger partial charge in [-0.1, -0.05) is 35.0 Å². The molecule has 0 aliphatic heterocycles. The van der Waals surface area contributed by atoms with Gasteiger partial charge in [0, 0.05) is 16.1 Å². The van der Waals surface area contributed by atoms with Crippen LogP contribution < -0.4 is 0 Å². The van der Waals surface area contributed by atoms with Crippen LogP contribution in [0, 0.1) is 5.82 Å². The molecule has 0 aliphatic rings. The minimum Gasteiger partial charge on any atom is -0.411 e. The van der Waals surface area contributed by atoms with Crippen LogP contribution in [0.1, 0.15) is 15.9 Å². The van der Waals surface area contributed by atoms with Gasteiger partial charge < -0.3 is 5.21 Å². The molecule has 1 N–H and O–H groups in total. The lowest BCUT2D eigenvalue weighted by Gasteiger charge is -1.92. The van der Waals surface area contributed by atoms with Gasteiger partial charge in [0.1, 0.15) is 12.1 Å². The zero-order valence-electron chi connectivity index (χ0n) is 9.83. The van der Waals surface area contributed by atoms with E-state index < -0.39 is 0 Å². The van der Waals surface area contributed by atoms with Crippen molar-refractivity contribution in [3.05, 3.63) is 70.5 Å². The Balaban J connectivity index is 0.000000191. The van der Waals surface area contributed by atoms with E-state index in [0.717, 1.165) is 0 Å². The number of halogens is 2. The largest absolute Gasteiger partial charge is 0.411 e. The van der Waals surface area contributed by atoms with Crippen molar-refractivity contribution in [2.75, 3.05) is 0 Å². The molecule has 0 amide bonds. The molecule has 0 aromatic heterocycles. The molecule has 2 rings (SSSR count). The number of hydrogen-bond acceptors (Lipinski definition) is 3. The molecule has 0 saturated carbocycles. The van der Waals surface area contributed by atoms with Crippen molar-refractivity contribution < 1.29 is 14.4 Å². The van der Waals surface area contributed by atoms with Crippen molar-refractivity contribution in [1.29, 1.82) is 0 Å². The zero-order valence-corrected chi connectivity index (χ0v) is 10.6. The summed E-state index contributed by atoms with van der Waals surface area (Å²) in [6, 6.07) is 12.5. The first-order valence-corrected chi connectivity index (χ1v) is 5.68. The first-order chi connectivity index (χ1) is 9.17. The highest BCUT2D eigenvalue weighted by Crippen LogP contribution is 2.11. The van der Waals surface area contributed by atoms with Crippen LogP contribution in [0.15, 0.2) is 53.7 Å². The molecule has 0 atom stereocenters. The average Bonchev–Trinajstić information content (AvgIpc) is 2.43. The molecule has 0 radical (unpaired) electrons. The lowest BCUT2D eigenvalue weighted by molar-refractivity contribution is 0.112. The maximum Gasteiger partial charge on any atom is 0.150 e. The highest BCUT2D eigenvalue weighted by Gasteiger charge is 1.92. The number of carbonyl (C=O) groups is 1. The number of benzene rings is 2. The maximum absolute atomic E-state index is 12.1. The van der Waals surface area contributed by atoms with Crippen LogP contribution in [0.5, 0.6) is 0 Å². The normalized spacial score (nSPS) is 9.79. The minimum atomic E-state index is -0.319.